The molecule has 0 amide bonds. The monoisotopic (exact) mass is 345 g/mol. The van der Waals surface area contributed by atoms with Crippen molar-refractivity contribution >= 4 is 27.3 Å². The lowest BCUT2D eigenvalue weighted by molar-refractivity contribution is -0.384. The first-order valence-corrected chi connectivity index (χ1v) is 7.01. The van der Waals surface area contributed by atoms with Gasteiger partial charge >= 0.3 is 0 Å². The molecule has 0 aliphatic heterocycles. The number of hydrogen-bond acceptors (Lipinski definition) is 4. The maximum atomic E-state index is 10.8. The number of non-ortho nitro benzene ring substituents is 1. The molecule has 0 bridgehead atoms. The molecular weight excluding hydrogens is 334 g/mol. The van der Waals surface area contributed by atoms with Crippen LogP contribution in [0.2, 0.25) is 0 Å². The predicted octanol–water partition coefficient (Wildman–Crippen LogP) is 4.40. The van der Waals surface area contributed by atoms with Crippen LogP contribution in [0, 0.1) is 21.4 Å². The van der Waals surface area contributed by atoms with E-state index in [1.165, 1.54) is 6.07 Å². The van der Waals surface area contributed by atoms with Crippen molar-refractivity contribution in [3.8, 4) is 6.07 Å². The van der Waals surface area contributed by atoms with Crippen molar-refractivity contribution in [3.05, 3.63) is 68.2 Å². The zero-order valence-electron chi connectivity index (χ0n) is 11.2. The summed E-state index contributed by atoms with van der Waals surface area (Å²) in [5.41, 5.74) is 2.28. The first kappa shape index (κ1) is 15.0. The van der Waals surface area contributed by atoms with Gasteiger partial charge < -0.3 is 5.32 Å². The number of rotatable bonds is 4. The standard InChI is InChI=1S/C15H12BrN3O2/c1-10(12-3-2-4-13(8-12)19(20)21)18-15-6-5-11(9-17)7-14(15)16/h2-8,10,18H,1H3. The van der Waals surface area contributed by atoms with Crippen LogP contribution >= 0.6 is 15.9 Å². The van der Waals surface area contributed by atoms with Crippen LogP contribution in [0.1, 0.15) is 24.1 Å². The first-order chi connectivity index (χ1) is 10.0. The van der Waals surface area contributed by atoms with Gasteiger partial charge in [-0.05, 0) is 46.6 Å². The average molecular weight is 346 g/mol. The van der Waals surface area contributed by atoms with Crippen molar-refractivity contribution in [2.24, 2.45) is 0 Å². The van der Waals surface area contributed by atoms with E-state index in [9.17, 15) is 10.1 Å². The Bertz CT molecular complexity index is 725. The van der Waals surface area contributed by atoms with Crippen molar-refractivity contribution in [3.63, 3.8) is 0 Å². The highest BCUT2D eigenvalue weighted by atomic mass is 79.9. The summed E-state index contributed by atoms with van der Waals surface area (Å²) in [6.45, 7) is 1.92. The lowest BCUT2D eigenvalue weighted by atomic mass is 10.1. The average Bonchev–Trinajstić information content (AvgIpc) is 2.49. The van der Waals surface area contributed by atoms with Crippen LogP contribution in [0.4, 0.5) is 11.4 Å². The third kappa shape index (κ3) is 3.58. The minimum absolute atomic E-state index is 0.0695. The summed E-state index contributed by atoms with van der Waals surface area (Å²) in [6, 6.07) is 13.7. The third-order valence-electron chi connectivity index (χ3n) is 3.05. The fraction of sp³-hybridized carbons (Fsp3) is 0.133. The second kappa shape index (κ2) is 6.37. The molecule has 1 unspecified atom stereocenters. The molecule has 0 saturated carbocycles. The molecule has 106 valence electrons. The summed E-state index contributed by atoms with van der Waals surface area (Å²) in [5, 5.41) is 22.9. The fourth-order valence-electron chi connectivity index (χ4n) is 1.93. The lowest BCUT2D eigenvalue weighted by Crippen LogP contribution is -2.07. The molecule has 0 aliphatic carbocycles. The fourth-order valence-corrected chi connectivity index (χ4v) is 2.42. The molecule has 2 rings (SSSR count). The maximum absolute atomic E-state index is 10.8. The van der Waals surface area contributed by atoms with E-state index in [-0.39, 0.29) is 11.7 Å². The number of benzene rings is 2. The Hall–Kier alpha value is -2.39. The van der Waals surface area contributed by atoms with Crippen LogP contribution in [-0.4, -0.2) is 4.92 Å². The van der Waals surface area contributed by atoms with Crippen LogP contribution in [0.15, 0.2) is 46.9 Å². The number of nitro groups is 1. The Morgan fingerprint density at radius 1 is 1.33 bits per heavy atom. The number of nitrogens with zero attached hydrogens (tertiary/aromatic N) is 2. The van der Waals surface area contributed by atoms with E-state index in [0.717, 1.165) is 15.7 Å². The highest BCUT2D eigenvalue weighted by Gasteiger charge is 2.12. The van der Waals surface area contributed by atoms with Gasteiger partial charge in [0.05, 0.1) is 16.6 Å². The molecule has 1 atom stereocenters. The van der Waals surface area contributed by atoms with Crippen LogP contribution < -0.4 is 5.32 Å². The summed E-state index contributed by atoms with van der Waals surface area (Å²) in [7, 11) is 0. The second-order valence-electron chi connectivity index (χ2n) is 4.52. The molecular formula is C15H12BrN3O2. The van der Waals surface area contributed by atoms with E-state index in [0.29, 0.717) is 5.56 Å². The van der Waals surface area contributed by atoms with Gasteiger partial charge in [-0.1, -0.05) is 12.1 Å². The summed E-state index contributed by atoms with van der Waals surface area (Å²) in [5.74, 6) is 0. The van der Waals surface area contributed by atoms with Gasteiger partial charge in [-0.3, -0.25) is 10.1 Å². The van der Waals surface area contributed by atoms with Gasteiger partial charge in [-0.2, -0.15) is 5.26 Å². The molecule has 0 saturated heterocycles. The number of nitrogens with one attached hydrogen (secondary N) is 1. The molecule has 2 aromatic rings. The molecule has 2 aromatic carbocycles. The van der Waals surface area contributed by atoms with Gasteiger partial charge in [0.15, 0.2) is 0 Å². The van der Waals surface area contributed by atoms with Crippen molar-refractivity contribution in [1.82, 2.24) is 0 Å². The van der Waals surface area contributed by atoms with Crippen molar-refractivity contribution < 1.29 is 4.92 Å². The van der Waals surface area contributed by atoms with E-state index >= 15 is 0 Å². The van der Waals surface area contributed by atoms with Crippen LogP contribution in [0.5, 0.6) is 0 Å². The van der Waals surface area contributed by atoms with Gasteiger partial charge in [-0.25, -0.2) is 0 Å². The van der Waals surface area contributed by atoms with E-state index in [2.05, 4.69) is 27.3 Å². The molecule has 0 aromatic heterocycles. The highest BCUT2D eigenvalue weighted by molar-refractivity contribution is 9.10. The zero-order chi connectivity index (χ0) is 15.4. The molecule has 0 fully saturated rings. The molecule has 0 heterocycles. The summed E-state index contributed by atoms with van der Waals surface area (Å²) >= 11 is 3.40. The van der Waals surface area contributed by atoms with E-state index in [1.807, 2.05) is 13.0 Å². The Morgan fingerprint density at radius 3 is 2.71 bits per heavy atom. The third-order valence-corrected chi connectivity index (χ3v) is 3.71. The second-order valence-corrected chi connectivity index (χ2v) is 5.38. The van der Waals surface area contributed by atoms with Gasteiger partial charge in [0.25, 0.3) is 5.69 Å². The van der Waals surface area contributed by atoms with E-state index < -0.39 is 4.92 Å². The normalized spacial score (nSPS) is 11.5. The number of anilines is 1. The van der Waals surface area contributed by atoms with Gasteiger partial charge in [0.2, 0.25) is 0 Å². The smallest absolute Gasteiger partial charge is 0.269 e. The zero-order valence-corrected chi connectivity index (χ0v) is 12.8. The lowest BCUT2D eigenvalue weighted by Gasteiger charge is -2.17. The molecule has 21 heavy (non-hydrogen) atoms. The molecule has 6 heteroatoms. The quantitative estimate of drug-likeness (QED) is 0.657. The Labute approximate surface area is 130 Å². The maximum Gasteiger partial charge on any atom is 0.269 e. The Balaban J connectivity index is 2.22. The van der Waals surface area contributed by atoms with Crippen LogP contribution in [0.25, 0.3) is 0 Å². The topological polar surface area (TPSA) is 79.0 Å². The van der Waals surface area contributed by atoms with Crippen molar-refractivity contribution in [1.29, 1.82) is 5.26 Å². The van der Waals surface area contributed by atoms with Crippen LogP contribution in [-0.2, 0) is 0 Å². The van der Waals surface area contributed by atoms with Gasteiger partial charge in [0, 0.05) is 28.3 Å². The largest absolute Gasteiger partial charge is 0.378 e. The van der Waals surface area contributed by atoms with Gasteiger partial charge in [-0.15, -0.1) is 0 Å². The minimum Gasteiger partial charge on any atom is -0.378 e. The number of hydrogen-bond donors (Lipinski definition) is 1. The molecule has 0 spiro atoms. The summed E-state index contributed by atoms with van der Waals surface area (Å²) in [4.78, 5) is 10.4. The summed E-state index contributed by atoms with van der Waals surface area (Å²) < 4.78 is 0.777. The number of halogens is 1. The van der Waals surface area contributed by atoms with Crippen LogP contribution in [0.3, 0.4) is 0 Å². The summed E-state index contributed by atoms with van der Waals surface area (Å²) in [6.07, 6.45) is 0. The molecule has 0 radical (unpaired) electrons. The minimum atomic E-state index is -0.409. The Kier molecular flexibility index (Phi) is 4.55. The number of nitriles is 1. The highest BCUT2D eigenvalue weighted by Crippen LogP contribution is 2.28. The molecule has 0 aliphatic rings. The molecule has 1 N–H and O–H groups in total. The van der Waals surface area contributed by atoms with E-state index in [4.69, 9.17) is 5.26 Å². The number of nitro benzene ring substituents is 1. The van der Waals surface area contributed by atoms with Crippen molar-refractivity contribution in [2.75, 3.05) is 5.32 Å². The first-order valence-electron chi connectivity index (χ1n) is 6.22. The molecule has 5 nitrogen and oxygen atoms in total. The Morgan fingerprint density at radius 2 is 2.10 bits per heavy atom. The predicted molar refractivity (Wildman–Crippen MR) is 84.0 cm³/mol. The van der Waals surface area contributed by atoms with E-state index in [1.54, 1.807) is 30.3 Å². The SMILES string of the molecule is CC(Nc1ccc(C#N)cc1Br)c1cccc([N+](=O)[O-])c1. The van der Waals surface area contributed by atoms with Gasteiger partial charge in [0.1, 0.15) is 0 Å². The van der Waals surface area contributed by atoms with Crippen molar-refractivity contribution in [2.45, 2.75) is 13.0 Å².